The first-order valence-corrected chi connectivity index (χ1v) is 11.8. The summed E-state index contributed by atoms with van der Waals surface area (Å²) in [5.41, 5.74) is 6.90. The number of hydrogen-bond donors (Lipinski definition) is 2. The van der Waals surface area contributed by atoms with Crippen molar-refractivity contribution in [3.63, 3.8) is 0 Å². The Hall–Kier alpha value is -1.93. The first-order valence-electron chi connectivity index (χ1n) is 11.8. The lowest BCUT2D eigenvalue weighted by Crippen LogP contribution is -2.47. The molecule has 30 heavy (non-hydrogen) atoms. The molecule has 166 valence electrons. The number of piperazine rings is 1. The van der Waals surface area contributed by atoms with Gasteiger partial charge in [-0.05, 0) is 44.6 Å². The second kappa shape index (κ2) is 9.92. The first-order chi connectivity index (χ1) is 14.6. The van der Waals surface area contributed by atoms with Crippen LogP contribution in [0.3, 0.4) is 0 Å². The fourth-order valence-electron chi connectivity index (χ4n) is 4.40. The molecule has 3 aliphatic rings. The zero-order chi connectivity index (χ0) is 20.9. The highest BCUT2D eigenvalue weighted by Crippen LogP contribution is 2.32. The van der Waals surface area contributed by atoms with Crippen LogP contribution in [-0.4, -0.2) is 78.0 Å². The summed E-state index contributed by atoms with van der Waals surface area (Å²) in [7, 11) is 0. The molecule has 1 aromatic rings. The van der Waals surface area contributed by atoms with E-state index in [4.69, 9.17) is 5.73 Å². The molecule has 3 heterocycles. The van der Waals surface area contributed by atoms with Crippen molar-refractivity contribution in [3.05, 3.63) is 5.56 Å². The van der Waals surface area contributed by atoms with Gasteiger partial charge in [-0.3, -0.25) is 9.69 Å². The van der Waals surface area contributed by atoms with E-state index in [9.17, 15) is 4.79 Å². The normalized spacial score (nSPS) is 20.0. The van der Waals surface area contributed by atoms with Gasteiger partial charge in [0.05, 0.1) is 6.42 Å². The van der Waals surface area contributed by atoms with Gasteiger partial charge in [-0.1, -0.05) is 13.3 Å². The number of amides is 1. The molecule has 8 nitrogen and oxygen atoms in total. The predicted octanol–water partition coefficient (Wildman–Crippen LogP) is 1.97. The molecule has 0 radical (unpaired) electrons. The lowest BCUT2D eigenvalue weighted by atomic mass is 10.2. The number of anilines is 3. The molecule has 1 amide bonds. The molecular weight excluding hydrogens is 378 g/mol. The van der Waals surface area contributed by atoms with Gasteiger partial charge in [0.15, 0.2) is 0 Å². The molecule has 0 unspecified atom stereocenters. The number of hydrogen-bond acceptors (Lipinski definition) is 7. The Morgan fingerprint density at radius 3 is 2.50 bits per heavy atom. The smallest absolute Gasteiger partial charge is 0.232 e. The summed E-state index contributed by atoms with van der Waals surface area (Å²) in [6.07, 6.45) is 7.43. The minimum Gasteiger partial charge on any atom is -0.383 e. The number of nitrogens with zero attached hydrogens (tertiary/aromatic N) is 5. The fraction of sp³-hybridized carbons (Fsp3) is 0.773. The minimum absolute atomic E-state index is 0.0883. The second-order valence-corrected chi connectivity index (χ2v) is 9.03. The Balaban J connectivity index is 1.23. The van der Waals surface area contributed by atoms with Gasteiger partial charge in [0.1, 0.15) is 11.6 Å². The number of carbonyl (C=O) groups is 1. The van der Waals surface area contributed by atoms with E-state index in [1.165, 1.54) is 45.6 Å². The maximum Gasteiger partial charge on any atom is 0.232 e. The van der Waals surface area contributed by atoms with Crippen molar-refractivity contribution in [2.75, 3.05) is 68.3 Å². The molecule has 0 bridgehead atoms. The lowest BCUT2D eigenvalue weighted by molar-refractivity contribution is -0.117. The number of unbranched alkanes of at least 4 members (excludes halogenated alkanes) is 2. The van der Waals surface area contributed by atoms with Crippen molar-refractivity contribution < 1.29 is 4.79 Å². The monoisotopic (exact) mass is 415 g/mol. The number of nitrogens with one attached hydrogen (secondary N) is 1. The molecule has 1 saturated carbocycles. The molecular formula is C22H37N7O. The summed E-state index contributed by atoms with van der Waals surface area (Å²) in [4.78, 5) is 28.5. The summed E-state index contributed by atoms with van der Waals surface area (Å²) in [5, 5.41) is 3.23. The Bertz CT molecular complexity index is 728. The van der Waals surface area contributed by atoms with Crippen LogP contribution in [-0.2, 0) is 11.2 Å². The first kappa shape index (κ1) is 21.3. The largest absolute Gasteiger partial charge is 0.383 e. The maximum absolute atomic E-state index is 12.5. The molecule has 1 aliphatic carbocycles. The lowest BCUT2D eigenvalue weighted by Gasteiger charge is -2.34. The summed E-state index contributed by atoms with van der Waals surface area (Å²) in [6, 6.07) is 0. The van der Waals surface area contributed by atoms with E-state index in [0.29, 0.717) is 30.5 Å². The van der Waals surface area contributed by atoms with Gasteiger partial charge in [-0.15, -0.1) is 0 Å². The van der Waals surface area contributed by atoms with Crippen LogP contribution < -0.4 is 16.0 Å². The molecule has 0 atom stereocenters. The molecule has 2 fully saturated rings. The second-order valence-electron chi connectivity index (χ2n) is 9.03. The summed E-state index contributed by atoms with van der Waals surface area (Å²) >= 11 is 0. The molecule has 3 N–H and O–H groups in total. The third-order valence-electron chi connectivity index (χ3n) is 6.50. The molecule has 0 aromatic carbocycles. The number of aromatic nitrogens is 2. The standard InChI is InChI=1S/C22H37N7O/c1-2-3-8-24-22-25-20(23)18-15-19(30)29(21(18)26-22)10-5-4-9-27-11-13-28(14-12-27)16-17-6-7-17/h17H,2-16H2,1H3,(H3,23,24,25,26). The number of rotatable bonds is 11. The van der Waals surface area contributed by atoms with Crippen LogP contribution in [0.4, 0.5) is 17.6 Å². The molecule has 0 spiro atoms. The summed E-state index contributed by atoms with van der Waals surface area (Å²) in [5.74, 6) is 2.74. The van der Waals surface area contributed by atoms with E-state index in [1.807, 2.05) is 4.90 Å². The SMILES string of the molecule is CCCCNc1nc(N)c2c(n1)N(CCCCN1CCN(CC3CC3)CC1)C(=O)C2. The zero-order valence-corrected chi connectivity index (χ0v) is 18.4. The van der Waals surface area contributed by atoms with Crippen molar-refractivity contribution in [1.29, 1.82) is 0 Å². The van der Waals surface area contributed by atoms with Crippen molar-refractivity contribution in [3.8, 4) is 0 Å². The quantitative estimate of drug-likeness (QED) is 0.534. The van der Waals surface area contributed by atoms with Gasteiger partial charge >= 0.3 is 0 Å². The Morgan fingerprint density at radius 1 is 1.03 bits per heavy atom. The number of nitrogen functional groups attached to an aromatic ring is 1. The van der Waals surface area contributed by atoms with E-state index < -0.39 is 0 Å². The highest BCUT2D eigenvalue weighted by Gasteiger charge is 2.31. The van der Waals surface area contributed by atoms with Gasteiger partial charge in [0, 0.05) is 51.4 Å². The average molecular weight is 416 g/mol. The fourth-order valence-corrected chi connectivity index (χ4v) is 4.40. The molecule has 1 aromatic heterocycles. The van der Waals surface area contributed by atoms with Gasteiger partial charge in [-0.2, -0.15) is 9.97 Å². The predicted molar refractivity (Wildman–Crippen MR) is 121 cm³/mol. The van der Waals surface area contributed by atoms with Crippen LogP contribution >= 0.6 is 0 Å². The molecule has 2 aliphatic heterocycles. The van der Waals surface area contributed by atoms with Crippen molar-refractivity contribution in [2.45, 2.75) is 51.9 Å². The third-order valence-corrected chi connectivity index (χ3v) is 6.50. The van der Waals surface area contributed by atoms with Crippen LogP contribution in [0.15, 0.2) is 0 Å². The Kier molecular flexibility index (Phi) is 7.04. The van der Waals surface area contributed by atoms with Crippen LogP contribution in [0, 0.1) is 5.92 Å². The average Bonchev–Trinajstić information content (AvgIpc) is 3.49. The summed E-state index contributed by atoms with van der Waals surface area (Å²) in [6.45, 7) is 10.9. The van der Waals surface area contributed by atoms with Crippen LogP contribution in [0.1, 0.15) is 51.0 Å². The van der Waals surface area contributed by atoms with Gasteiger partial charge in [0.25, 0.3) is 0 Å². The highest BCUT2D eigenvalue weighted by molar-refractivity contribution is 6.01. The maximum atomic E-state index is 12.5. The van der Waals surface area contributed by atoms with E-state index in [1.54, 1.807) is 0 Å². The third kappa shape index (κ3) is 5.40. The van der Waals surface area contributed by atoms with Gasteiger partial charge < -0.3 is 20.9 Å². The topological polar surface area (TPSA) is 90.6 Å². The molecule has 8 heteroatoms. The number of nitrogens with two attached hydrogens (primary N) is 1. The Morgan fingerprint density at radius 2 is 1.77 bits per heavy atom. The van der Waals surface area contributed by atoms with E-state index in [-0.39, 0.29) is 5.91 Å². The van der Waals surface area contributed by atoms with Crippen LogP contribution in [0.2, 0.25) is 0 Å². The number of fused-ring (bicyclic) bond motifs is 1. The Labute approximate surface area is 180 Å². The van der Waals surface area contributed by atoms with Gasteiger partial charge in [-0.25, -0.2) is 0 Å². The van der Waals surface area contributed by atoms with E-state index in [2.05, 4.69) is 32.0 Å². The van der Waals surface area contributed by atoms with Crippen molar-refractivity contribution in [2.24, 2.45) is 5.92 Å². The highest BCUT2D eigenvalue weighted by atomic mass is 16.2. The molecule has 4 rings (SSSR count). The van der Waals surface area contributed by atoms with E-state index >= 15 is 0 Å². The summed E-state index contributed by atoms with van der Waals surface area (Å²) < 4.78 is 0. The van der Waals surface area contributed by atoms with Crippen LogP contribution in [0.5, 0.6) is 0 Å². The van der Waals surface area contributed by atoms with Crippen molar-refractivity contribution in [1.82, 2.24) is 19.8 Å². The van der Waals surface area contributed by atoms with Crippen molar-refractivity contribution >= 4 is 23.5 Å². The molecule has 1 saturated heterocycles. The van der Waals surface area contributed by atoms with E-state index in [0.717, 1.165) is 50.3 Å². The number of carbonyl (C=O) groups excluding carboxylic acids is 1. The minimum atomic E-state index is 0.0883. The van der Waals surface area contributed by atoms with Crippen LogP contribution in [0.25, 0.3) is 0 Å². The zero-order valence-electron chi connectivity index (χ0n) is 18.4. The van der Waals surface area contributed by atoms with Gasteiger partial charge in [0.2, 0.25) is 11.9 Å².